The maximum absolute atomic E-state index is 13.0. The van der Waals surface area contributed by atoms with Crippen LogP contribution in [0, 0.1) is 13.8 Å². The zero-order chi connectivity index (χ0) is 25.5. The molecule has 0 unspecified atom stereocenters. The molecule has 7 nitrogen and oxygen atoms in total. The molecule has 2 aromatic heterocycles. The number of likely N-dealkylation sites (tertiary alicyclic amines) is 1. The quantitative estimate of drug-likeness (QED) is 0.423. The Kier molecular flexibility index (Phi) is 8.70. The van der Waals surface area contributed by atoms with Crippen LogP contribution in [0.1, 0.15) is 58.0 Å². The van der Waals surface area contributed by atoms with E-state index in [1.165, 1.54) is 5.56 Å². The standard InChI is InChI=1S/C28H34N4O3S/c1-4-31(16-12-23-7-5-6-13-29-23)28(34)25-19-36-27(30-25)22-10-14-32(15-11-22)26(33)18-35-24-9-8-20(2)21(3)17-24/h5-9,13,17,19,22H,4,10-12,14-16,18H2,1-3H3. The molecule has 0 atom stereocenters. The Morgan fingerprint density at radius 2 is 1.94 bits per heavy atom. The lowest BCUT2D eigenvalue weighted by molar-refractivity contribution is -0.134. The Balaban J connectivity index is 1.26. The van der Waals surface area contributed by atoms with Crippen molar-refractivity contribution in [2.45, 2.75) is 46.0 Å². The smallest absolute Gasteiger partial charge is 0.273 e. The Bertz CT molecular complexity index is 1170. The van der Waals surface area contributed by atoms with Gasteiger partial charge in [0.15, 0.2) is 6.61 Å². The van der Waals surface area contributed by atoms with Gasteiger partial charge in [-0.15, -0.1) is 11.3 Å². The van der Waals surface area contributed by atoms with Crippen LogP contribution < -0.4 is 4.74 Å². The number of amides is 2. The van der Waals surface area contributed by atoms with Crippen LogP contribution in [0.4, 0.5) is 0 Å². The molecule has 0 saturated carbocycles. The normalized spacial score (nSPS) is 14.0. The average molecular weight is 507 g/mol. The minimum absolute atomic E-state index is 0.00757. The highest BCUT2D eigenvalue weighted by atomic mass is 32.1. The van der Waals surface area contributed by atoms with E-state index in [0.29, 0.717) is 31.9 Å². The second-order valence-corrected chi connectivity index (χ2v) is 10.1. The van der Waals surface area contributed by atoms with Crippen LogP contribution in [-0.2, 0) is 11.2 Å². The summed E-state index contributed by atoms with van der Waals surface area (Å²) in [7, 11) is 0. The number of ether oxygens (including phenoxy) is 1. The monoisotopic (exact) mass is 506 g/mol. The van der Waals surface area contributed by atoms with Gasteiger partial charge in [0.25, 0.3) is 11.8 Å². The topological polar surface area (TPSA) is 75.6 Å². The fraction of sp³-hybridized carbons (Fsp3) is 0.429. The summed E-state index contributed by atoms with van der Waals surface area (Å²) >= 11 is 1.55. The van der Waals surface area contributed by atoms with Gasteiger partial charge in [-0.1, -0.05) is 12.1 Å². The van der Waals surface area contributed by atoms with Gasteiger partial charge in [-0.3, -0.25) is 14.6 Å². The number of carbonyl (C=O) groups is 2. The molecular weight excluding hydrogens is 472 g/mol. The fourth-order valence-corrected chi connectivity index (χ4v) is 5.32. The van der Waals surface area contributed by atoms with Crippen molar-refractivity contribution in [3.63, 3.8) is 0 Å². The van der Waals surface area contributed by atoms with E-state index in [1.54, 1.807) is 17.5 Å². The summed E-state index contributed by atoms with van der Waals surface area (Å²) in [5.74, 6) is 0.965. The van der Waals surface area contributed by atoms with Crippen LogP contribution in [0.25, 0.3) is 0 Å². The molecule has 3 aromatic rings. The van der Waals surface area contributed by atoms with Gasteiger partial charge in [0.2, 0.25) is 0 Å². The molecule has 0 N–H and O–H groups in total. The summed E-state index contributed by atoms with van der Waals surface area (Å²) in [6.45, 7) is 8.72. The molecule has 3 heterocycles. The molecule has 1 fully saturated rings. The number of carbonyl (C=O) groups excluding carboxylic acids is 2. The van der Waals surface area contributed by atoms with E-state index >= 15 is 0 Å². The Morgan fingerprint density at radius 3 is 2.64 bits per heavy atom. The van der Waals surface area contributed by atoms with Gasteiger partial charge < -0.3 is 14.5 Å². The van der Waals surface area contributed by atoms with Crippen LogP contribution in [-0.4, -0.2) is 64.4 Å². The largest absolute Gasteiger partial charge is 0.484 e. The third-order valence-electron chi connectivity index (χ3n) is 6.81. The molecule has 0 aliphatic carbocycles. The van der Waals surface area contributed by atoms with Crippen molar-refractivity contribution in [3.05, 3.63) is 75.5 Å². The molecule has 0 spiro atoms. The molecule has 1 aromatic carbocycles. The van der Waals surface area contributed by atoms with Crippen molar-refractivity contribution in [2.24, 2.45) is 0 Å². The lowest BCUT2D eigenvalue weighted by Gasteiger charge is -2.31. The number of piperidine rings is 1. The van der Waals surface area contributed by atoms with Crippen LogP contribution >= 0.6 is 11.3 Å². The Hall–Kier alpha value is -3.26. The first kappa shape index (κ1) is 25.8. The van der Waals surface area contributed by atoms with Crippen molar-refractivity contribution in [3.8, 4) is 5.75 Å². The number of pyridine rings is 1. The predicted octanol–water partition coefficient (Wildman–Crippen LogP) is 4.64. The highest BCUT2D eigenvalue weighted by Gasteiger charge is 2.27. The minimum atomic E-state index is -0.0352. The predicted molar refractivity (Wildman–Crippen MR) is 142 cm³/mol. The number of aromatic nitrogens is 2. The van der Waals surface area contributed by atoms with E-state index in [9.17, 15) is 9.59 Å². The fourth-order valence-electron chi connectivity index (χ4n) is 4.35. The molecule has 0 radical (unpaired) electrons. The van der Waals surface area contributed by atoms with Gasteiger partial charge in [-0.2, -0.15) is 0 Å². The molecule has 190 valence electrons. The molecule has 1 saturated heterocycles. The van der Waals surface area contributed by atoms with Gasteiger partial charge in [-0.05, 0) is 69.0 Å². The minimum Gasteiger partial charge on any atom is -0.484 e. The third kappa shape index (κ3) is 6.49. The van der Waals surface area contributed by atoms with Gasteiger partial charge in [-0.25, -0.2) is 4.98 Å². The lowest BCUT2D eigenvalue weighted by atomic mass is 9.97. The number of aryl methyl sites for hydroxylation is 2. The van der Waals surface area contributed by atoms with Gasteiger partial charge in [0, 0.05) is 55.8 Å². The first-order valence-corrected chi connectivity index (χ1v) is 13.4. The SMILES string of the molecule is CCN(CCc1ccccn1)C(=O)c1csc(C2CCN(C(=O)COc3ccc(C)c(C)c3)CC2)n1. The zero-order valence-corrected chi connectivity index (χ0v) is 22.1. The van der Waals surface area contributed by atoms with Crippen molar-refractivity contribution in [1.82, 2.24) is 19.8 Å². The van der Waals surface area contributed by atoms with Crippen molar-refractivity contribution < 1.29 is 14.3 Å². The summed E-state index contributed by atoms with van der Waals surface area (Å²) in [4.78, 5) is 38.5. The van der Waals surface area contributed by atoms with Gasteiger partial charge in [0.05, 0.1) is 5.01 Å². The number of rotatable bonds is 9. The molecule has 0 bridgehead atoms. The molecular formula is C28H34N4O3S. The van der Waals surface area contributed by atoms with Gasteiger partial charge >= 0.3 is 0 Å². The number of nitrogens with zero attached hydrogens (tertiary/aromatic N) is 4. The second kappa shape index (κ2) is 12.1. The summed E-state index contributed by atoms with van der Waals surface area (Å²) in [5, 5.41) is 2.85. The molecule has 2 amide bonds. The summed E-state index contributed by atoms with van der Waals surface area (Å²) in [6.07, 6.45) is 4.18. The Morgan fingerprint density at radius 1 is 1.14 bits per heavy atom. The van der Waals surface area contributed by atoms with E-state index in [2.05, 4.69) is 11.9 Å². The molecule has 8 heteroatoms. The number of hydrogen-bond donors (Lipinski definition) is 0. The molecule has 4 rings (SSSR count). The van der Waals surface area contributed by atoms with Gasteiger partial charge in [0.1, 0.15) is 11.4 Å². The number of thiazole rings is 1. The zero-order valence-electron chi connectivity index (χ0n) is 21.3. The van der Waals surface area contributed by atoms with E-state index in [0.717, 1.165) is 41.3 Å². The summed E-state index contributed by atoms with van der Waals surface area (Å²) < 4.78 is 5.73. The summed E-state index contributed by atoms with van der Waals surface area (Å²) in [5.41, 5.74) is 3.84. The number of benzene rings is 1. The van der Waals surface area contributed by atoms with Crippen molar-refractivity contribution >= 4 is 23.2 Å². The molecule has 1 aliphatic rings. The highest BCUT2D eigenvalue weighted by molar-refractivity contribution is 7.09. The lowest BCUT2D eigenvalue weighted by Crippen LogP contribution is -2.40. The van der Waals surface area contributed by atoms with Crippen molar-refractivity contribution in [1.29, 1.82) is 0 Å². The van der Waals surface area contributed by atoms with Crippen LogP contribution in [0.15, 0.2) is 48.0 Å². The number of likely N-dealkylation sites (N-methyl/N-ethyl adjacent to an activating group) is 1. The second-order valence-electron chi connectivity index (χ2n) is 9.22. The number of hydrogen-bond acceptors (Lipinski definition) is 6. The maximum atomic E-state index is 13.0. The highest BCUT2D eigenvalue weighted by Crippen LogP contribution is 2.30. The van der Waals surface area contributed by atoms with Crippen LogP contribution in [0.5, 0.6) is 5.75 Å². The van der Waals surface area contributed by atoms with Crippen molar-refractivity contribution in [2.75, 3.05) is 32.8 Å². The van der Waals surface area contributed by atoms with Crippen LogP contribution in [0.2, 0.25) is 0 Å². The van der Waals surface area contributed by atoms with E-state index in [4.69, 9.17) is 9.72 Å². The first-order chi connectivity index (χ1) is 17.4. The molecule has 36 heavy (non-hydrogen) atoms. The van der Waals surface area contributed by atoms with E-state index < -0.39 is 0 Å². The maximum Gasteiger partial charge on any atom is 0.273 e. The van der Waals surface area contributed by atoms with Crippen LogP contribution in [0.3, 0.4) is 0 Å². The summed E-state index contributed by atoms with van der Waals surface area (Å²) in [6, 6.07) is 11.7. The van der Waals surface area contributed by atoms with E-state index in [1.807, 2.05) is 65.4 Å². The van der Waals surface area contributed by atoms with E-state index in [-0.39, 0.29) is 24.3 Å². The third-order valence-corrected chi connectivity index (χ3v) is 7.82. The average Bonchev–Trinajstić information content (AvgIpc) is 3.40. The Labute approximate surface area is 217 Å². The molecule has 1 aliphatic heterocycles. The first-order valence-electron chi connectivity index (χ1n) is 12.6.